The standard InChI is InChI=1S/C15H24N2/c1-3-12(2)16-10-8-13-6-7-15-14(11-13)5-4-9-17-15/h6-7,11-12,16-17H,3-5,8-10H2,1-2H3. The van der Waals surface area contributed by atoms with E-state index in [0.717, 1.165) is 19.5 Å². The average molecular weight is 232 g/mol. The van der Waals surface area contributed by atoms with Crippen LogP contribution in [0.25, 0.3) is 0 Å². The van der Waals surface area contributed by atoms with Crippen molar-refractivity contribution in [2.75, 3.05) is 18.4 Å². The highest BCUT2D eigenvalue weighted by atomic mass is 14.9. The summed E-state index contributed by atoms with van der Waals surface area (Å²) in [6.07, 6.45) is 4.84. The zero-order chi connectivity index (χ0) is 12.1. The molecule has 1 unspecified atom stereocenters. The van der Waals surface area contributed by atoms with E-state index in [1.54, 1.807) is 0 Å². The minimum atomic E-state index is 0.634. The molecule has 2 heteroatoms. The Morgan fingerprint density at radius 3 is 3.12 bits per heavy atom. The largest absolute Gasteiger partial charge is 0.385 e. The maximum Gasteiger partial charge on any atom is 0.0372 e. The first kappa shape index (κ1) is 12.4. The third-order valence-corrected chi connectivity index (χ3v) is 3.63. The molecule has 0 spiro atoms. The topological polar surface area (TPSA) is 24.1 Å². The zero-order valence-corrected chi connectivity index (χ0v) is 11.1. The van der Waals surface area contributed by atoms with Gasteiger partial charge in [0.05, 0.1) is 0 Å². The van der Waals surface area contributed by atoms with Gasteiger partial charge in [-0.15, -0.1) is 0 Å². The highest BCUT2D eigenvalue weighted by Gasteiger charge is 2.08. The van der Waals surface area contributed by atoms with Gasteiger partial charge in [0.1, 0.15) is 0 Å². The van der Waals surface area contributed by atoms with Crippen LogP contribution in [-0.2, 0) is 12.8 Å². The average Bonchev–Trinajstić information content (AvgIpc) is 2.38. The van der Waals surface area contributed by atoms with Crippen molar-refractivity contribution in [2.24, 2.45) is 0 Å². The van der Waals surface area contributed by atoms with Gasteiger partial charge in [-0.05, 0) is 56.3 Å². The molecule has 94 valence electrons. The van der Waals surface area contributed by atoms with Gasteiger partial charge < -0.3 is 10.6 Å². The van der Waals surface area contributed by atoms with Gasteiger partial charge in [0.25, 0.3) is 0 Å². The molecule has 0 amide bonds. The number of hydrogen-bond acceptors (Lipinski definition) is 2. The minimum absolute atomic E-state index is 0.634. The van der Waals surface area contributed by atoms with Gasteiger partial charge in [0.15, 0.2) is 0 Å². The molecule has 0 saturated carbocycles. The molecule has 0 aliphatic carbocycles. The highest BCUT2D eigenvalue weighted by Crippen LogP contribution is 2.22. The number of anilines is 1. The lowest BCUT2D eigenvalue weighted by atomic mass is 9.99. The van der Waals surface area contributed by atoms with Crippen LogP contribution in [0, 0.1) is 0 Å². The summed E-state index contributed by atoms with van der Waals surface area (Å²) in [4.78, 5) is 0. The Kier molecular flexibility index (Phi) is 4.43. The van der Waals surface area contributed by atoms with Crippen molar-refractivity contribution in [3.63, 3.8) is 0 Å². The maximum absolute atomic E-state index is 3.55. The van der Waals surface area contributed by atoms with Gasteiger partial charge in [-0.1, -0.05) is 19.1 Å². The Hall–Kier alpha value is -1.02. The van der Waals surface area contributed by atoms with E-state index in [9.17, 15) is 0 Å². The summed E-state index contributed by atoms with van der Waals surface area (Å²) in [5.41, 5.74) is 4.30. The lowest BCUT2D eigenvalue weighted by molar-refractivity contribution is 0.537. The molecule has 1 heterocycles. The Morgan fingerprint density at radius 1 is 1.41 bits per heavy atom. The molecule has 2 nitrogen and oxygen atoms in total. The summed E-state index contributed by atoms with van der Waals surface area (Å²) in [7, 11) is 0. The van der Waals surface area contributed by atoms with E-state index >= 15 is 0 Å². The summed E-state index contributed by atoms with van der Waals surface area (Å²) >= 11 is 0. The van der Waals surface area contributed by atoms with Crippen LogP contribution in [-0.4, -0.2) is 19.1 Å². The molecule has 2 N–H and O–H groups in total. The van der Waals surface area contributed by atoms with Crippen molar-refractivity contribution in [3.8, 4) is 0 Å². The number of aryl methyl sites for hydroxylation is 1. The summed E-state index contributed by atoms with van der Waals surface area (Å²) in [6, 6.07) is 7.51. The van der Waals surface area contributed by atoms with E-state index in [-0.39, 0.29) is 0 Å². The van der Waals surface area contributed by atoms with Crippen LogP contribution in [0.3, 0.4) is 0 Å². The Bertz CT molecular complexity index is 360. The minimum Gasteiger partial charge on any atom is -0.385 e. The van der Waals surface area contributed by atoms with Crippen LogP contribution >= 0.6 is 0 Å². The molecule has 1 aliphatic rings. The fourth-order valence-electron chi connectivity index (χ4n) is 2.29. The van der Waals surface area contributed by atoms with Crippen LogP contribution in [0.1, 0.15) is 37.8 Å². The van der Waals surface area contributed by atoms with Gasteiger partial charge >= 0.3 is 0 Å². The molecule has 0 aromatic heterocycles. The van der Waals surface area contributed by atoms with Crippen LogP contribution in [0.15, 0.2) is 18.2 Å². The number of hydrogen-bond donors (Lipinski definition) is 2. The third-order valence-electron chi connectivity index (χ3n) is 3.63. The van der Waals surface area contributed by atoms with E-state index < -0.39 is 0 Å². The smallest absolute Gasteiger partial charge is 0.0372 e. The molecule has 17 heavy (non-hydrogen) atoms. The fourth-order valence-corrected chi connectivity index (χ4v) is 2.29. The van der Waals surface area contributed by atoms with Crippen molar-refractivity contribution < 1.29 is 0 Å². The zero-order valence-electron chi connectivity index (χ0n) is 11.1. The lowest BCUT2D eigenvalue weighted by Crippen LogP contribution is -2.27. The molecule has 1 aliphatic heterocycles. The number of fused-ring (bicyclic) bond motifs is 1. The molecule has 1 aromatic carbocycles. The first-order chi connectivity index (χ1) is 8.29. The first-order valence-corrected chi connectivity index (χ1v) is 6.88. The van der Waals surface area contributed by atoms with Crippen LogP contribution in [0.4, 0.5) is 5.69 Å². The van der Waals surface area contributed by atoms with E-state index in [1.807, 2.05) is 0 Å². The maximum atomic E-state index is 3.55. The first-order valence-electron chi connectivity index (χ1n) is 6.88. The predicted molar refractivity (Wildman–Crippen MR) is 74.7 cm³/mol. The quantitative estimate of drug-likeness (QED) is 0.815. The second-order valence-electron chi connectivity index (χ2n) is 5.04. The van der Waals surface area contributed by atoms with E-state index in [4.69, 9.17) is 0 Å². The summed E-state index contributed by atoms with van der Waals surface area (Å²) in [5, 5.41) is 7.00. The molecular weight excluding hydrogens is 208 g/mol. The third kappa shape index (κ3) is 3.47. The van der Waals surface area contributed by atoms with E-state index in [0.29, 0.717) is 6.04 Å². The molecule has 1 atom stereocenters. The molecule has 1 aromatic rings. The second kappa shape index (κ2) is 6.06. The fraction of sp³-hybridized carbons (Fsp3) is 0.600. The molecule has 0 saturated heterocycles. The Balaban J connectivity index is 1.89. The molecule has 0 fully saturated rings. The van der Waals surface area contributed by atoms with Gasteiger partial charge in [-0.2, -0.15) is 0 Å². The number of nitrogens with one attached hydrogen (secondary N) is 2. The Labute approximate surface area is 105 Å². The molecule has 2 rings (SSSR count). The van der Waals surface area contributed by atoms with Gasteiger partial charge in [0, 0.05) is 18.3 Å². The highest BCUT2D eigenvalue weighted by molar-refractivity contribution is 5.54. The predicted octanol–water partition coefficient (Wildman–Crippen LogP) is 2.98. The molecule has 0 bridgehead atoms. The van der Waals surface area contributed by atoms with Crippen molar-refractivity contribution >= 4 is 5.69 Å². The summed E-state index contributed by atoms with van der Waals surface area (Å²) in [6.45, 7) is 6.68. The molecule has 0 radical (unpaired) electrons. The van der Waals surface area contributed by atoms with Crippen LogP contribution < -0.4 is 10.6 Å². The van der Waals surface area contributed by atoms with Crippen molar-refractivity contribution in [3.05, 3.63) is 29.3 Å². The van der Waals surface area contributed by atoms with Crippen LogP contribution in [0.2, 0.25) is 0 Å². The van der Waals surface area contributed by atoms with E-state index in [1.165, 1.54) is 36.1 Å². The lowest BCUT2D eigenvalue weighted by Gasteiger charge is -2.19. The summed E-state index contributed by atoms with van der Waals surface area (Å²) in [5.74, 6) is 0. The van der Waals surface area contributed by atoms with Crippen molar-refractivity contribution in [1.82, 2.24) is 5.32 Å². The van der Waals surface area contributed by atoms with Crippen LogP contribution in [0.5, 0.6) is 0 Å². The van der Waals surface area contributed by atoms with Gasteiger partial charge in [0.2, 0.25) is 0 Å². The number of rotatable bonds is 5. The van der Waals surface area contributed by atoms with E-state index in [2.05, 4.69) is 42.7 Å². The molecular formula is C15H24N2. The van der Waals surface area contributed by atoms with Crippen molar-refractivity contribution in [2.45, 2.75) is 45.6 Å². The normalized spacial score (nSPS) is 16.1. The Morgan fingerprint density at radius 2 is 2.29 bits per heavy atom. The SMILES string of the molecule is CCC(C)NCCc1ccc2c(c1)CCCN2. The van der Waals surface area contributed by atoms with Crippen molar-refractivity contribution in [1.29, 1.82) is 0 Å². The second-order valence-corrected chi connectivity index (χ2v) is 5.04. The summed E-state index contributed by atoms with van der Waals surface area (Å²) < 4.78 is 0. The van der Waals surface area contributed by atoms with Gasteiger partial charge in [-0.3, -0.25) is 0 Å². The number of benzene rings is 1. The monoisotopic (exact) mass is 232 g/mol. The van der Waals surface area contributed by atoms with Gasteiger partial charge in [-0.25, -0.2) is 0 Å².